The molecular formula is C12H15Cl2NO3S. The SMILES string of the molecule is NCC1(C(O)c2ccc(Cl)cc2Cl)CCS(=O)(=O)C1. The van der Waals surface area contributed by atoms with Crippen LogP contribution in [0, 0.1) is 5.41 Å². The van der Waals surface area contributed by atoms with E-state index in [1.54, 1.807) is 12.1 Å². The van der Waals surface area contributed by atoms with Gasteiger partial charge in [0.25, 0.3) is 0 Å². The van der Waals surface area contributed by atoms with E-state index < -0.39 is 21.4 Å². The van der Waals surface area contributed by atoms with Gasteiger partial charge in [0.05, 0.1) is 17.6 Å². The Hall–Kier alpha value is -0.330. The van der Waals surface area contributed by atoms with E-state index in [0.29, 0.717) is 22.0 Å². The van der Waals surface area contributed by atoms with Crippen LogP contribution < -0.4 is 5.73 Å². The molecule has 1 heterocycles. The van der Waals surface area contributed by atoms with Gasteiger partial charge in [-0.05, 0) is 24.1 Å². The van der Waals surface area contributed by atoms with Crippen LogP contribution in [0.4, 0.5) is 0 Å². The Bertz CT molecular complexity index is 591. The maximum Gasteiger partial charge on any atom is 0.151 e. The van der Waals surface area contributed by atoms with Crippen LogP contribution in [0.1, 0.15) is 18.1 Å². The highest BCUT2D eigenvalue weighted by molar-refractivity contribution is 7.91. The Balaban J connectivity index is 2.39. The standard InChI is InChI=1S/C12H15Cl2NO3S/c13-8-1-2-9(10(14)5-8)11(16)12(6-15)3-4-19(17,18)7-12/h1-2,5,11,16H,3-4,6-7,15H2. The van der Waals surface area contributed by atoms with E-state index in [1.807, 2.05) is 0 Å². The fourth-order valence-electron chi connectivity index (χ4n) is 2.48. The van der Waals surface area contributed by atoms with Gasteiger partial charge in [-0.3, -0.25) is 0 Å². The third-order valence-electron chi connectivity index (χ3n) is 3.66. The van der Waals surface area contributed by atoms with Crippen molar-refractivity contribution in [2.24, 2.45) is 11.1 Å². The van der Waals surface area contributed by atoms with Crippen LogP contribution in [0.3, 0.4) is 0 Å². The fourth-order valence-corrected chi connectivity index (χ4v) is 5.15. The summed E-state index contributed by atoms with van der Waals surface area (Å²) in [6.07, 6.45) is -0.675. The second kappa shape index (κ2) is 5.22. The van der Waals surface area contributed by atoms with Gasteiger partial charge in [-0.1, -0.05) is 29.3 Å². The molecule has 2 atom stereocenters. The minimum absolute atomic E-state index is 0.0481. The van der Waals surface area contributed by atoms with Gasteiger partial charge >= 0.3 is 0 Å². The molecule has 106 valence electrons. The number of aliphatic hydroxyl groups is 1. The molecule has 1 aromatic carbocycles. The molecule has 0 saturated carbocycles. The van der Waals surface area contributed by atoms with Crippen molar-refractivity contribution in [2.45, 2.75) is 12.5 Å². The topological polar surface area (TPSA) is 80.4 Å². The number of aliphatic hydroxyl groups excluding tert-OH is 1. The van der Waals surface area contributed by atoms with Crippen molar-refractivity contribution in [1.29, 1.82) is 0 Å². The normalized spacial score (nSPS) is 27.4. The lowest BCUT2D eigenvalue weighted by molar-refractivity contribution is 0.0473. The summed E-state index contributed by atoms with van der Waals surface area (Å²) in [4.78, 5) is 0. The van der Waals surface area contributed by atoms with Crippen molar-refractivity contribution >= 4 is 33.0 Å². The first-order chi connectivity index (χ1) is 8.80. The Morgan fingerprint density at radius 2 is 2.11 bits per heavy atom. The molecule has 0 bridgehead atoms. The number of hydrogen-bond donors (Lipinski definition) is 2. The molecule has 1 fully saturated rings. The molecule has 0 aliphatic carbocycles. The third-order valence-corrected chi connectivity index (χ3v) is 6.07. The number of nitrogens with two attached hydrogens (primary N) is 1. The van der Waals surface area contributed by atoms with Crippen molar-refractivity contribution in [3.8, 4) is 0 Å². The first-order valence-corrected chi connectivity index (χ1v) is 8.41. The molecule has 1 aliphatic heterocycles. The number of benzene rings is 1. The van der Waals surface area contributed by atoms with Gasteiger partial charge in [-0.25, -0.2) is 8.42 Å². The summed E-state index contributed by atoms with van der Waals surface area (Å²) >= 11 is 11.9. The fraction of sp³-hybridized carbons (Fsp3) is 0.500. The molecule has 19 heavy (non-hydrogen) atoms. The van der Waals surface area contributed by atoms with Crippen molar-refractivity contribution in [3.05, 3.63) is 33.8 Å². The Morgan fingerprint density at radius 3 is 2.58 bits per heavy atom. The maximum absolute atomic E-state index is 11.7. The quantitative estimate of drug-likeness (QED) is 0.888. The van der Waals surface area contributed by atoms with Gasteiger partial charge in [-0.2, -0.15) is 0 Å². The summed E-state index contributed by atoms with van der Waals surface area (Å²) in [5, 5.41) is 11.3. The third kappa shape index (κ3) is 2.90. The molecule has 0 radical (unpaired) electrons. The van der Waals surface area contributed by atoms with Crippen LogP contribution in [-0.4, -0.2) is 31.6 Å². The maximum atomic E-state index is 11.7. The van der Waals surface area contributed by atoms with Crippen molar-refractivity contribution in [1.82, 2.24) is 0 Å². The van der Waals surface area contributed by atoms with Crippen molar-refractivity contribution in [2.75, 3.05) is 18.1 Å². The summed E-state index contributed by atoms with van der Waals surface area (Å²) in [7, 11) is -3.15. The van der Waals surface area contributed by atoms with E-state index in [-0.39, 0.29) is 18.1 Å². The van der Waals surface area contributed by atoms with Gasteiger partial charge in [0.2, 0.25) is 0 Å². The molecule has 0 spiro atoms. The lowest BCUT2D eigenvalue weighted by atomic mass is 9.78. The molecule has 0 amide bonds. The lowest BCUT2D eigenvalue weighted by Crippen LogP contribution is -2.38. The molecule has 1 aliphatic rings. The molecule has 2 unspecified atom stereocenters. The Kier molecular flexibility index (Phi) is 4.14. The predicted octanol–water partition coefficient (Wildman–Crippen LogP) is 1.79. The zero-order valence-corrected chi connectivity index (χ0v) is 12.5. The van der Waals surface area contributed by atoms with Crippen molar-refractivity contribution < 1.29 is 13.5 Å². The average molecular weight is 324 g/mol. The van der Waals surface area contributed by atoms with Gasteiger partial charge in [0.15, 0.2) is 9.84 Å². The molecule has 1 saturated heterocycles. The van der Waals surface area contributed by atoms with E-state index >= 15 is 0 Å². The van der Waals surface area contributed by atoms with Gasteiger partial charge in [0, 0.05) is 22.0 Å². The Labute approximate surface area is 122 Å². The van der Waals surface area contributed by atoms with Crippen LogP contribution in [0.25, 0.3) is 0 Å². The van der Waals surface area contributed by atoms with Gasteiger partial charge < -0.3 is 10.8 Å². The van der Waals surface area contributed by atoms with Crippen LogP contribution >= 0.6 is 23.2 Å². The zero-order chi connectivity index (χ0) is 14.3. The smallest absolute Gasteiger partial charge is 0.151 e. The molecular weight excluding hydrogens is 309 g/mol. The molecule has 0 aromatic heterocycles. The first-order valence-electron chi connectivity index (χ1n) is 5.83. The number of halogens is 2. The highest BCUT2D eigenvalue weighted by Gasteiger charge is 2.47. The van der Waals surface area contributed by atoms with Crippen LogP contribution in [-0.2, 0) is 9.84 Å². The monoisotopic (exact) mass is 323 g/mol. The minimum Gasteiger partial charge on any atom is -0.388 e. The summed E-state index contributed by atoms with van der Waals surface area (Å²) in [6.45, 7) is 0.0896. The highest BCUT2D eigenvalue weighted by Crippen LogP contribution is 2.44. The van der Waals surface area contributed by atoms with E-state index in [4.69, 9.17) is 28.9 Å². The summed E-state index contributed by atoms with van der Waals surface area (Å²) in [5.41, 5.74) is 5.32. The van der Waals surface area contributed by atoms with E-state index in [9.17, 15) is 13.5 Å². The van der Waals surface area contributed by atoms with Crippen LogP contribution in [0.2, 0.25) is 10.0 Å². The van der Waals surface area contributed by atoms with E-state index in [2.05, 4.69) is 0 Å². The second-order valence-electron chi connectivity index (χ2n) is 4.98. The van der Waals surface area contributed by atoms with E-state index in [0.717, 1.165) is 0 Å². The summed E-state index contributed by atoms with van der Waals surface area (Å²) < 4.78 is 23.3. The second-order valence-corrected chi connectivity index (χ2v) is 8.00. The average Bonchev–Trinajstić information content (AvgIpc) is 2.65. The van der Waals surface area contributed by atoms with Crippen LogP contribution in [0.15, 0.2) is 18.2 Å². The number of sulfone groups is 1. The zero-order valence-electron chi connectivity index (χ0n) is 10.1. The number of rotatable bonds is 3. The van der Waals surface area contributed by atoms with Crippen LogP contribution in [0.5, 0.6) is 0 Å². The van der Waals surface area contributed by atoms with Gasteiger partial charge in [-0.15, -0.1) is 0 Å². The van der Waals surface area contributed by atoms with Crippen molar-refractivity contribution in [3.63, 3.8) is 0 Å². The molecule has 7 heteroatoms. The largest absolute Gasteiger partial charge is 0.388 e. The first kappa shape index (κ1) is 15.1. The summed E-state index contributed by atoms with van der Waals surface area (Å²) in [5.74, 6) is -0.0664. The predicted molar refractivity (Wildman–Crippen MR) is 76.2 cm³/mol. The number of hydrogen-bond acceptors (Lipinski definition) is 4. The molecule has 4 nitrogen and oxygen atoms in total. The Morgan fingerprint density at radius 1 is 1.42 bits per heavy atom. The molecule has 1 aromatic rings. The summed E-state index contributed by atoms with van der Waals surface area (Å²) in [6, 6.07) is 4.74. The highest BCUT2D eigenvalue weighted by atomic mass is 35.5. The van der Waals surface area contributed by atoms with E-state index in [1.165, 1.54) is 6.07 Å². The van der Waals surface area contributed by atoms with Gasteiger partial charge in [0.1, 0.15) is 0 Å². The molecule has 2 rings (SSSR count). The lowest BCUT2D eigenvalue weighted by Gasteiger charge is -2.32. The molecule has 3 N–H and O–H groups in total. The minimum atomic E-state index is -3.15.